The van der Waals surface area contributed by atoms with E-state index in [2.05, 4.69) is 10.6 Å². The topological polar surface area (TPSA) is 84.5 Å². The summed E-state index contributed by atoms with van der Waals surface area (Å²) in [5.41, 5.74) is 1.91. The van der Waals surface area contributed by atoms with Gasteiger partial charge in [-0.3, -0.25) is 14.4 Å². The van der Waals surface area contributed by atoms with E-state index in [9.17, 15) is 14.4 Å². The second kappa shape index (κ2) is 10.7. The van der Waals surface area contributed by atoms with E-state index < -0.39 is 18.5 Å². The molecule has 0 radical (unpaired) electrons. The second-order valence-electron chi connectivity index (χ2n) is 6.06. The summed E-state index contributed by atoms with van der Waals surface area (Å²) in [4.78, 5) is 35.5. The average molecular weight is 423 g/mol. The lowest BCUT2D eigenvalue weighted by molar-refractivity contribution is -0.147. The number of hydrogen-bond donors (Lipinski definition) is 2. The molecule has 28 heavy (non-hydrogen) atoms. The Morgan fingerprint density at radius 1 is 1.04 bits per heavy atom. The molecule has 0 saturated heterocycles. The molecule has 0 heterocycles. The van der Waals surface area contributed by atoms with Gasteiger partial charge in [0.1, 0.15) is 0 Å². The largest absolute Gasteiger partial charge is 0.456 e. The van der Waals surface area contributed by atoms with Gasteiger partial charge in [0.15, 0.2) is 6.61 Å². The van der Waals surface area contributed by atoms with Crippen LogP contribution in [0.2, 0.25) is 10.0 Å². The van der Waals surface area contributed by atoms with Crippen molar-refractivity contribution in [2.45, 2.75) is 19.8 Å². The third-order valence-corrected chi connectivity index (χ3v) is 4.28. The molecule has 2 N–H and O–H groups in total. The van der Waals surface area contributed by atoms with Crippen LogP contribution in [0.15, 0.2) is 42.5 Å². The molecule has 0 spiro atoms. The Balaban J connectivity index is 1.63. The Morgan fingerprint density at radius 3 is 2.43 bits per heavy atom. The molecule has 2 rings (SSSR count). The lowest BCUT2D eigenvalue weighted by atomic mass is 10.2. The van der Waals surface area contributed by atoms with E-state index in [1.807, 2.05) is 13.0 Å². The normalized spacial score (nSPS) is 10.2. The molecular formula is C20H20Cl2N2O4. The highest BCUT2D eigenvalue weighted by Gasteiger charge is 2.10. The summed E-state index contributed by atoms with van der Waals surface area (Å²) in [7, 11) is 0. The van der Waals surface area contributed by atoms with Crippen molar-refractivity contribution in [3.8, 4) is 0 Å². The highest BCUT2D eigenvalue weighted by atomic mass is 35.5. The Morgan fingerprint density at radius 2 is 1.75 bits per heavy atom. The molecule has 0 aromatic heterocycles. The number of nitrogens with one attached hydrogen (secondary N) is 2. The third kappa shape index (κ3) is 7.21. The van der Waals surface area contributed by atoms with Crippen molar-refractivity contribution in [2.24, 2.45) is 0 Å². The molecule has 2 amide bonds. The molecule has 2 aromatic rings. The van der Waals surface area contributed by atoms with E-state index in [1.165, 1.54) is 0 Å². The molecule has 0 aliphatic rings. The van der Waals surface area contributed by atoms with Gasteiger partial charge in [-0.15, -0.1) is 0 Å². The van der Waals surface area contributed by atoms with Crippen LogP contribution >= 0.6 is 23.2 Å². The van der Waals surface area contributed by atoms with Crippen molar-refractivity contribution in [2.75, 3.05) is 18.5 Å². The van der Waals surface area contributed by atoms with Gasteiger partial charge in [0.05, 0.1) is 10.7 Å². The van der Waals surface area contributed by atoms with Gasteiger partial charge >= 0.3 is 5.97 Å². The van der Waals surface area contributed by atoms with Crippen molar-refractivity contribution in [1.29, 1.82) is 0 Å². The SMILES string of the molecule is Cc1ccc(NC(=O)COC(=O)CCCNC(=O)c2ccc(Cl)cc2)c(Cl)c1. The zero-order valence-corrected chi connectivity index (χ0v) is 16.8. The van der Waals surface area contributed by atoms with Crippen LogP contribution in [0.5, 0.6) is 0 Å². The fourth-order valence-electron chi connectivity index (χ4n) is 2.26. The zero-order chi connectivity index (χ0) is 20.5. The molecule has 0 aliphatic carbocycles. The van der Waals surface area contributed by atoms with Crippen LogP contribution in [0.4, 0.5) is 5.69 Å². The quantitative estimate of drug-likeness (QED) is 0.497. The van der Waals surface area contributed by atoms with E-state index in [0.29, 0.717) is 34.3 Å². The van der Waals surface area contributed by atoms with E-state index >= 15 is 0 Å². The molecule has 0 unspecified atom stereocenters. The monoisotopic (exact) mass is 422 g/mol. The maximum Gasteiger partial charge on any atom is 0.306 e. The van der Waals surface area contributed by atoms with E-state index in [1.54, 1.807) is 36.4 Å². The lowest BCUT2D eigenvalue weighted by Crippen LogP contribution is -2.25. The summed E-state index contributed by atoms with van der Waals surface area (Å²) in [6.45, 7) is 1.79. The van der Waals surface area contributed by atoms with Gasteiger partial charge in [-0.1, -0.05) is 29.3 Å². The molecule has 8 heteroatoms. The number of benzene rings is 2. The number of esters is 1. The minimum Gasteiger partial charge on any atom is -0.456 e. The highest BCUT2D eigenvalue weighted by Crippen LogP contribution is 2.22. The molecule has 0 saturated carbocycles. The minimum absolute atomic E-state index is 0.0828. The van der Waals surface area contributed by atoms with E-state index in [-0.39, 0.29) is 12.3 Å². The Bertz CT molecular complexity index is 854. The van der Waals surface area contributed by atoms with Gasteiger partial charge in [0.2, 0.25) is 0 Å². The number of rotatable bonds is 8. The summed E-state index contributed by atoms with van der Waals surface area (Å²) in [5.74, 6) is -1.25. The Hall–Kier alpha value is -2.57. The van der Waals surface area contributed by atoms with Gasteiger partial charge < -0.3 is 15.4 Å². The molecule has 2 aromatic carbocycles. The second-order valence-corrected chi connectivity index (χ2v) is 6.90. The Labute approximate surface area is 173 Å². The fraction of sp³-hybridized carbons (Fsp3) is 0.250. The van der Waals surface area contributed by atoms with E-state index in [4.69, 9.17) is 27.9 Å². The summed E-state index contributed by atoms with van der Waals surface area (Å²) >= 11 is 11.8. The summed E-state index contributed by atoms with van der Waals surface area (Å²) in [5, 5.41) is 6.24. The maximum absolute atomic E-state index is 11.9. The summed E-state index contributed by atoms with van der Waals surface area (Å²) in [6, 6.07) is 11.7. The number of carbonyl (C=O) groups excluding carboxylic acids is 3. The predicted octanol–water partition coefficient (Wildman–Crippen LogP) is 3.99. The molecule has 148 valence electrons. The van der Waals surface area contributed by atoms with Crippen molar-refractivity contribution in [3.05, 3.63) is 63.6 Å². The first-order valence-electron chi connectivity index (χ1n) is 8.60. The third-order valence-electron chi connectivity index (χ3n) is 3.71. The van der Waals surface area contributed by atoms with Crippen molar-refractivity contribution in [1.82, 2.24) is 5.32 Å². The smallest absolute Gasteiger partial charge is 0.306 e. The van der Waals surface area contributed by atoms with Crippen molar-refractivity contribution in [3.63, 3.8) is 0 Å². The van der Waals surface area contributed by atoms with Crippen LogP contribution in [0, 0.1) is 6.92 Å². The van der Waals surface area contributed by atoms with Crippen LogP contribution in [0.25, 0.3) is 0 Å². The molecule has 0 fully saturated rings. The summed E-state index contributed by atoms with van der Waals surface area (Å²) < 4.78 is 4.92. The van der Waals surface area contributed by atoms with Crippen molar-refractivity contribution < 1.29 is 19.1 Å². The molecule has 0 bridgehead atoms. The highest BCUT2D eigenvalue weighted by molar-refractivity contribution is 6.33. The van der Waals surface area contributed by atoms with Gasteiger partial charge in [0.25, 0.3) is 11.8 Å². The molecule has 0 aliphatic heterocycles. The number of amides is 2. The number of ether oxygens (including phenoxy) is 1. The number of aryl methyl sites for hydroxylation is 1. The van der Waals surface area contributed by atoms with E-state index in [0.717, 1.165) is 5.56 Å². The van der Waals surface area contributed by atoms with Gasteiger partial charge in [0, 0.05) is 23.6 Å². The average Bonchev–Trinajstić information content (AvgIpc) is 2.66. The zero-order valence-electron chi connectivity index (χ0n) is 15.3. The van der Waals surface area contributed by atoms with Crippen LogP contribution in [0.1, 0.15) is 28.8 Å². The van der Waals surface area contributed by atoms with Crippen LogP contribution in [0.3, 0.4) is 0 Å². The van der Waals surface area contributed by atoms with Crippen LogP contribution in [-0.2, 0) is 14.3 Å². The minimum atomic E-state index is -0.522. The maximum atomic E-state index is 11.9. The molecular weight excluding hydrogens is 403 g/mol. The van der Waals surface area contributed by atoms with Gasteiger partial charge in [-0.05, 0) is 55.3 Å². The fourth-order valence-corrected chi connectivity index (χ4v) is 2.67. The van der Waals surface area contributed by atoms with Gasteiger partial charge in [-0.25, -0.2) is 0 Å². The predicted molar refractivity (Wildman–Crippen MR) is 109 cm³/mol. The van der Waals surface area contributed by atoms with Crippen molar-refractivity contribution >= 4 is 46.7 Å². The first-order chi connectivity index (χ1) is 13.3. The van der Waals surface area contributed by atoms with Crippen LogP contribution in [-0.4, -0.2) is 30.9 Å². The molecule has 6 nitrogen and oxygen atoms in total. The first kappa shape index (κ1) is 21.7. The number of halogens is 2. The molecule has 0 atom stereocenters. The number of anilines is 1. The Kier molecular flexibility index (Phi) is 8.29. The first-order valence-corrected chi connectivity index (χ1v) is 9.36. The standard InChI is InChI=1S/C20H20Cl2N2O4/c1-13-4-9-17(16(22)11-13)24-18(25)12-28-19(26)3-2-10-23-20(27)14-5-7-15(21)8-6-14/h4-9,11H,2-3,10,12H2,1H3,(H,23,27)(H,24,25). The number of carbonyl (C=O) groups is 3. The van der Waals surface area contributed by atoms with Gasteiger partial charge in [-0.2, -0.15) is 0 Å². The summed E-state index contributed by atoms with van der Waals surface area (Å²) in [6.07, 6.45) is 0.475. The van der Waals surface area contributed by atoms with Crippen LogP contribution < -0.4 is 10.6 Å². The lowest BCUT2D eigenvalue weighted by Gasteiger charge is -2.09. The number of hydrogen-bond acceptors (Lipinski definition) is 4.